The molecule has 1 aromatic carbocycles. The van der Waals surface area contributed by atoms with Gasteiger partial charge in [0.05, 0.1) is 16.7 Å². The predicted molar refractivity (Wildman–Crippen MR) is 91.3 cm³/mol. The lowest BCUT2D eigenvalue weighted by Gasteiger charge is -2.11. The zero-order chi connectivity index (χ0) is 17.1. The number of aromatic nitrogens is 5. The van der Waals surface area contributed by atoms with Crippen molar-refractivity contribution in [1.29, 1.82) is 0 Å². The third-order valence-electron chi connectivity index (χ3n) is 3.14. The van der Waals surface area contributed by atoms with Gasteiger partial charge in [0.2, 0.25) is 11.9 Å². The maximum absolute atomic E-state index is 12.8. The van der Waals surface area contributed by atoms with Crippen LogP contribution in [0.15, 0.2) is 40.5 Å². The summed E-state index contributed by atoms with van der Waals surface area (Å²) in [6, 6.07) is 7.11. The molecule has 3 aromatic rings. The lowest BCUT2D eigenvalue weighted by atomic mass is 10.2. The quantitative estimate of drug-likeness (QED) is 0.531. The minimum atomic E-state index is -0.260. The maximum atomic E-state index is 12.8. The van der Waals surface area contributed by atoms with Gasteiger partial charge in [-0.05, 0) is 26.0 Å². The second kappa shape index (κ2) is 6.83. The normalized spacial score (nSPS) is 11.1. The van der Waals surface area contributed by atoms with Gasteiger partial charge in [0.15, 0.2) is 5.16 Å². The molecule has 8 nitrogen and oxygen atoms in total. The number of rotatable bonds is 5. The maximum Gasteiger partial charge on any atom is 0.269 e. The number of carbonyl (C=O) groups excluding carboxylic acids is 1. The van der Waals surface area contributed by atoms with Crippen LogP contribution in [0.2, 0.25) is 0 Å². The van der Waals surface area contributed by atoms with E-state index in [0.29, 0.717) is 16.1 Å². The number of H-pyrrole nitrogens is 1. The van der Waals surface area contributed by atoms with Crippen LogP contribution in [-0.4, -0.2) is 42.4 Å². The first-order valence-electron chi connectivity index (χ1n) is 7.36. The van der Waals surface area contributed by atoms with Crippen LogP contribution in [0, 0.1) is 0 Å². The van der Waals surface area contributed by atoms with E-state index in [-0.39, 0.29) is 29.2 Å². The van der Waals surface area contributed by atoms with Gasteiger partial charge >= 0.3 is 0 Å². The fourth-order valence-corrected chi connectivity index (χ4v) is 3.00. The molecule has 0 saturated heterocycles. The summed E-state index contributed by atoms with van der Waals surface area (Å²) in [6.07, 6.45) is 1.32. The topological polar surface area (TPSA) is 106 Å². The van der Waals surface area contributed by atoms with E-state index in [4.69, 9.17) is 0 Å². The zero-order valence-corrected chi connectivity index (χ0v) is 14.0. The molecular formula is C15H16N6O2S. The Morgan fingerprint density at radius 2 is 2.17 bits per heavy atom. The van der Waals surface area contributed by atoms with Crippen molar-refractivity contribution in [1.82, 2.24) is 30.0 Å². The van der Waals surface area contributed by atoms with E-state index in [0.717, 1.165) is 0 Å². The van der Waals surface area contributed by atoms with Crippen molar-refractivity contribution < 1.29 is 4.79 Å². The van der Waals surface area contributed by atoms with E-state index in [1.165, 1.54) is 22.7 Å². The van der Waals surface area contributed by atoms with Crippen LogP contribution in [0.1, 0.15) is 13.8 Å². The van der Waals surface area contributed by atoms with E-state index in [1.807, 2.05) is 19.9 Å². The molecule has 0 fully saturated rings. The second-order valence-corrected chi connectivity index (χ2v) is 6.31. The molecule has 24 heavy (non-hydrogen) atoms. The molecule has 1 amide bonds. The van der Waals surface area contributed by atoms with Crippen molar-refractivity contribution in [3.8, 4) is 5.95 Å². The highest BCUT2D eigenvalue weighted by Gasteiger charge is 2.16. The number of aromatic amines is 1. The molecule has 2 aromatic heterocycles. The molecule has 0 atom stereocenters. The van der Waals surface area contributed by atoms with Crippen molar-refractivity contribution in [3.63, 3.8) is 0 Å². The summed E-state index contributed by atoms with van der Waals surface area (Å²) >= 11 is 1.18. The van der Waals surface area contributed by atoms with E-state index >= 15 is 0 Å². The van der Waals surface area contributed by atoms with Gasteiger partial charge in [0.1, 0.15) is 6.33 Å². The Hall–Kier alpha value is -2.68. The molecule has 0 spiro atoms. The van der Waals surface area contributed by atoms with Crippen LogP contribution >= 0.6 is 11.8 Å². The molecule has 0 aliphatic heterocycles. The van der Waals surface area contributed by atoms with Gasteiger partial charge in [-0.2, -0.15) is 10.1 Å². The van der Waals surface area contributed by atoms with Crippen molar-refractivity contribution in [2.24, 2.45) is 0 Å². The van der Waals surface area contributed by atoms with Gasteiger partial charge in [-0.3, -0.25) is 9.59 Å². The third-order valence-corrected chi connectivity index (χ3v) is 4.08. The first-order valence-corrected chi connectivity index (χ1v) is 8.34. The predicted octanol–water partition coefficient (Wildman–Crippen LogP) is 1.12. The van der Waals surface area contributed by atoms with E-state index in [1.54, 1.807) is 18.2 Å². The summed E-state index contributed by atoms with van der Waals surface area (Å²) in [4.78, 5) is 33.2. The fraction of sp³-hybridized carbons (Fsp3) is 0.267. The number of hydrogen-bond donors (Lipinski definition) is 2. The largest absolute Gasteiger partial charge is 0.353 e. The highest BCUT2D eigenvalue weighted by Crippen LogP contribution is 2.19. The second-order valence-electron chi connectivity index (χ2n) is 5.37. The molecule has 2 N–H and O–H groups in total. The van der Waals surface area contributed by atoms with Crippen LogP contribution in [0.4, 0.5) is 0 Å². The first-order chi connectivity index (χ1) is 11.6. The van der Waals surface area contributed by atoms with E-state index in [2.05, 4.69) is 25.5 Å². The smallest absolute Gasteiger partial charge is 0.269 e. The molecule has 0 aliphatic rings. The third kappa shape index (κ3) is 3.30. The Bertz CT molecular complexity index is 919. The minimum Gasteiger partial charge on any atom is -0.353 e. The highest BCUT2D eigenvalue weighted by molar-refractivity contribution is 7.99. The Balaban J connectivity index is 2.03. The molecule has 0 unspecified atom stereocenters. The van der Waals surface area contributed by atoms with Crippen molar-refractivity contribution in [2.45, 2.75) is 25.0 Å². The lowest BCUT2D eigenvalue weighted by molar-refractivity contribution is -0.119. The molecular weight excluding hydrogens is 328 g/mol. The van der Waals surface area contributed by atoms with Gasteiger partial charge in [0, 0.05) is 6.04 Å². The number of thioether (sulfide) groups is 1. The average molecular weight is 344 g/mol. The van der Waals surface area contributed by atoms with Crippen LogP contribution in [-0.2, 0) is 4.79 Å². The van der Waals surface area contributed by atoms with Crippen LogP contribution in [0.25, 0.3) is 16.9 Å². The first kappa shape index (κ1) is 16.2. The van der Waals surface area contributed by atoms with Crippen LogP contribution in [0.5, 0.6) is 0 Å². The molecule has 0 bridgehead atoms. The number of nitrogens with zero attached hydrogens (tertiary/aromatic N) is 4. The summed E-state index contributed by atoms with van der Waals surface area (Å²) in [5.41, 5.74) is 0.314. The van der Waals surface area contributed by atoms with Gasteiger partial charge in [-0.25, -0.2) is 14.6 Å². The van der Waals surface area contributed by atoms with Crippen LogP contribution in [0.3, 0.4) is 0 Å². The number of amides is 1. The average Bonchev–Trinajstić information content (AvgIpc) is 3.06. The summed E-state index contributed by atoms with van der Waals surface area (Å²) in [5, 5.41) is 10.1. The van der Waals surface area contributed by atoms with Crippen molar-refractivity contribution >= 4 is 28.6 Å². The Morgan fingerprint density at radius 3 is 2.88 bits per heavy atom. The molecule has 2 heterocycles. The molecule has 0 radical (unpaired) electrons. The Morgan fingerprint density at radius 1 is 1.38 bits per heavy atom. The number of carbonyl (C=O) groups is 1. The molecule has 9 heteroatoms. The Labute approximate surface area is 141 Å². The van der Waals surface area contributed by atoms with Crippen molar-refractivity contribution in [3.05, 3.63) is 40.9 Å². The molecule has 3 rings (SSSR count). The van der Waals surface area contributed by atoms with Gasteiger partial charge in [-0.1, -0.05) is 23.9 Å². The van der Waals surface area contributed by atoms with Crippen molar-refractivity contribution in [2.75, 3.05) is 5.75 Å². The summed E-state index contributed by atoms with van der Waals surface area (Å²) in [5.74, 6) is 0.295. The highest BCUT2D eigenvalue weighted by atomic mass is 32.2. The number of fused-ring (bicyclic) bond motifs is 1. The fourth-order valence-electron chi connectivity index (χ4n) is 2.20. The standard InChI is InChI=1S/C15H16N6O2S/c1-9(2)18-12(22)7-24-15-19-11-6-4-3-5-10(11)13(23)21(15)14-16-8-17-20-14/h3-6,8-9H,7H2,1-2H3,(H,18,22)(H,16,17,20). The minimum absolute atomic E-state index is 0.0547. The number of benzene rings is 1. The lowest BCUT2D eigenvalue weighted by Crippen LogP contribution is -2.32. The number of para-hydroxylation sites is 1. The monoisotopic (exact) mass is 344 g/mol. The zero-order valence-electron chi connectivity index (χ0n) is 13.2. The molecule has 124 valence electrons. The van der Waals surface area contributed by atoms with Gasteiger partial charge in [0.25, 0.3) is 5.56 Å². The number of nitrogens with one attached hydrogen (secondary N) is 2. The summed E-state index contributed by atoms with van der Waals surface area (Å²) in [6.45, 7) is 3.78. The Kier molecular flexibility index (Phi) is 4.61. The summed E-state index contributed by atoms with van der Waals surface area (Å²) in [7, 11) is 0. The molecule has 0 aliphatic carbocycles. The van der Waals surface area contributed by atoms with Crippen LogP contribution < -0.4 is 10.9 Å². The number of hydrogen-bond acceptors (Lipinski definition) is 6. The van der Waals surface area contributed by atoms with E-state index in [9.17, 15) is 9.59 Å². The summed E-state index contributed by atoms with van der Waals surface area (Å²) < 4.78 is 1.34. The molecule has 0 saturated carbocycles. The SMILES string of the molecule is CC(C)NC(=O)CSc1nc2ccccc2c(=O)n1-c1ncn[nH]1. The van der Waals surface area contributed by atoms with Gasteiger partial charge < -0.3 is 5.32 Å². The van der Waals surface area contributed by atoms with E-state index < -0.39 is 0 Å². The van der Waals surface area contributed by atoms with Gasteiger partial charge in [-0.15, -0.1) is 0 Å².